The van der Waals surface area contributed by atoms with Crippen molar-refractivity contribution in [3.05, 3.63) is 38.9 Å². The summed E-state index contributed by atoms with van der Waals surface area (Å²) >= 11 is 4.85. The van der Waals surface area contributed by atoms with Gasteiger partial charge in [-0.15, -0.1) is 11.3 Å². The highest BCUT2D eigenvalue weighted by atomic mass is 79.9. The van der Waals surface area contributed by atoms with Crippen LogP contribution in [0.4, 0.5) is 5.82 Å². The predicted octanol–water partition coefficient (Wildman–Crippen LogP) is 2.42. The number of rotatable bonds is 4. The van der Waals surface area contributed by atoms with Crippen molar-refractivity contribution >= 4 is 39.0 Å². The molecule has 2 aromatic rings. The van der Waals surface area contributed by atoms with Crippen LogP contribution in [0, 0.1) is 0 Å². The highest BCUT2D eigenvalue weighted by Gasteiger charge is 2.14. The molecule has 0 aliphatic heterocycles. The number of hydrogen-bond acceptors (Lipinski definition) is 5. The van der Waals surface area contributed by atoms with Crippen LogP contribution in [0.5, 0.6) is 0 Å². The van der Waals surface area contributed by atoms with E-state index in [1.54, 1.807) is 29.8 Å². The molecule has 0 aliphatic rings. The van der Waals surface area contributed by atoms with Gasteiger partial charge in [0.2, 0.25) is 0 Å². The fraction of sp³-hybridized carbons (Fsp3) is 0.250. The molecular weight excluding hydrogens is 328 g/mol. The molecule has 0 spiro atoms. The van der Waals surface area contributed by atoms with Crippen molar-refractivity contribution in [3.8, 4) is 0 Å². The van der Waals surface area contributed by atoms with Crippen LogP contribution in [0.1, 0.15) is 28.2 Å². The molecule has 2 heterocycles. The van der Waals surface area contributed by atoms with Gasteiger partial charge in [0.1, 0.15) is 5.82 Å². The quantitative estimate of drug-likeness (QED) is 0.895. The van der Waals surface area contributed by atoms with E-state index >= 15 is 0 Å². The second-order valence-corrected chi connectivity index (χ2v) is 5.91. The Balaban J connectivity index is 2.00. The third-order valence-electron chi connectivity index (χ3n) is 2.57. The number of thiazole rings is 1. The molecule has 0 aromatic carbocycles. The lowest BCUT2D eigenvalue weighted by Gasteiger charge is -2.11. The van der Waals surface area contributed by atoms with Crippen LogP contribution in [-0.2, 0) is 0 Å². The van der Waals surface area contributed by atoms with Crippen LogP contribution >= 0.6 is 27.3 Å². The van der Waals surface area contributed by atoms with E-state index in [1.165, 1.54) is 0 Å². The van der Waals surface area contributed by atoms with Gasteiger partial charge in [0.25, 0.3) is 5.91 Å². The van der Waals surface area contributed by atoms with Gasteiger partial charge in [-0.25, -0.2) is 9.97 Å². The van der Waals surface area contributed by atoms with Crippen LogP contribution in [0.25, 0.3) is 0 Å². The van der Waals surface area contributed by atoms with Gasteiger partial charge in [0.05, 0.1) is 10.6 Å². The fourth-order valence-electron chi connectivity index (χ4n) is 1.54. The van der Waals surface area contributed by atoms with E-state index in [2.05, 4.69) is 31.2 Å². The van der Waals surface area contributed by atoms with Crippen molar-refractivity contribution in [1.82, 2.24) is 15.3 Å². The van der Waals surface area contributed by atoms with Gasteiger partial charge in [-0.05, 0) is 22.0 Å². The molecule has 0 radical (unpaired) electrons. The number of amides is 1. The van der Waals surface area contributed by atoms with E-state index in [-0.39, 0.29) is 17.6 Å². The standard InChI is InChI=1S/C12H13BrN4OS/c1-7(12-15-2-3-19-12)5-17-11(18)9-4-8(13)6-16-10(9)14/h2-4,6-7H,5H2,1H3,(H2,14,16)(H,17,18). The molecule has 1 atom stereocenters. The average molecular weight is 341 g/mol. The smallest absolute Gasteiger partial charge is 0.255 e. The van der Waals surface area contributed by atoms with Gasteiger partial charge < -0.3 is 11.1 Å². The number of pyridine rings is 1. The summed E-state index contributed by atoms with van der Waals surface area (Å²) in [6.07, 6.45) is 3.32. The molecule has 0 saturated heterocycles. The molecule has 0 aliphatic carbocycles. The van der Waals surface area contributed by atoms with Crippen molar-refractivity contribution in [1.29, 1.82) is 0 Å². The number of carbonyl (C=O) groups excluding carboxylic acids is 1. The van der Waals surface area contributed by atoms with Gasteiger partial charge in [0.15, 0.2) is 0 Å². The molecule has 3 N–H and O–H groups in total. The number of anilines is 1. The van der Waals surface area contributed by atoms with Crippen LogP contribution < -0.4 is 11.1 Å². The van der Waals surface area contributed by atoms with Crippen molar-refractivity contribution < 1.29 is 4.79 Å². The molecule has 1 amide bonds. The SMILES string of the molecule is CC(CNC(=O)c1cc(Br)cnc1N)c1nccs1. The van der Waals surface area contributed by atoms with Crippen molar-refractivity contribution in [2.24, 2.45) is 0 Å². The van der Waals surface area contributed by atoms with E-state index in [1.807, 2.05) is 12.3 Å². The number of carbonyl (C=O) groups is 1. The minimum atomic E-state index is -0.227. The van der Waals surface area contributed by atoms with Crippen LogP contribution in [-0.4, -0.2) is 22.4 Å². The third-order valence-corrected chi connectivity index (χ3v) is 4.01. The van der Waals surface area contributed by atoms with Gasteiger partial charge in [-0.1, -0.05) is 6.92 Å². The highest BCUT2D eigenvalue weighted by Crippen LogP contribution is 2.18. The Morgan fingerprint density at radius 2 is 2.37 bits per heavy atom. The van der Waals surface area contributed by atoms with E-state index in [4.69, 9.17) is 5.73 Å². The Morgan fingerprint density at radius 1 is 1.58 bits per heavy atom. The number of nitrogens with zero attached hydrogens (tertiary/aromatic N) is 2. The van der Waals surface area contributed by atoms with E-state index in [0.29, 0.717) is 12.1 Å². The fourth-order valence-corrected chi connectivity index (χ4v) is 2.57. The Kier molecular flexibility index (Phi) is 4.49. The lowest BCUT2D eigenvalue weighted by atomic mass is 10.2. The number of aromatic nitrogens is 2. The second-order valence-electron chi connectivity index (χ2n) is 4.07. The van der Waals surface area contributed by atoms with E-state index in [9.17, 15) is 4.79 Å². The molecular formula is C12H13BrN4OS. The molecule has 5 nitrogen and oxygen atoms in total. The van der Waals surface area contributed by atoms with Gasteiger partial charge in [-0.2, -0.15) is 0 Å². The first-order valence-electron chi connectivity index (χ1n) is 5.66. The van der Waals surface area contributed by atoms with Crippen LogP contribution in [0.15, 0.2) is 28.3 Å². The second kappa shape index (κ2) is 6.12. The molecule has 2 rings (SSSR count). The Morgan fingerprint density at radius 3 is 3.05 bits per heavy atom. The average Bonchev–Trinajstić information content (AvgIpc) is 2.92. The van der Waals surface area contributed by atoms with Crippen molar-refractivity contribution in [3.63, 3.8) is 0 Å². The highest BCUT2D eigenvalue weighted by molar-refractivity contribution is 9.10. The third kappa shape index (κ3) is 3.51. The van der Waals surface area contributed by atoms with E-state index in [0.717, 1.165) is 9.48 Å². The Bertz CT molecular complexity index is 573. The molecule has 0 fully saturated rings. The van der Waals surface area contributed by atoms with Crippen molar-refractivity contribution in [2.75, 3.05) is 12.3 Å². The lowest BCUT2D eigenvalue weighted by Crippen LogP contribution is -2.28. The van der Waals surface area contributed by atoms with Crippen LogP contribution in [0.2, 0.25) is 0 Å². The number of hydrogen-bond donors (Lipinski definition) is 2. The number of halogens is 1. The van der Waals surface area contributed by atoms with Crippen LogP contribution in [0.3, 0.4) is 0 Å². The summed E-state index contributed by atoms with van der Waals surface area (Å²) in [4.78, 5) is 20.2. The summed E-state index contributed by atoms with van der Waals surface area (Å²) in [6, 6.07) is 1.66. The monoisotopic (exact) mass is 340 g/mol. The zero-order valence-electron chi connectivity index (χ0n) is 10.3. The van der Waals surface area contributed by atoms with Gasteiger partial charge in [-0.3, -0.25) is 4.79 Å². The minimum Gasteiger partial charge on any atom is -0.383 e. The largest absolute Gasteiger partial charge is 0.383 e. The summed E-state index contributed by atoms with van der Waals surface area (Å²) < 4.78 is 0.722. The number of nitrogen functional groups attached to an aromatic ring is 1. The maximum atomic E-state index is 12.0. The molecule has 0 bridgehead atoms. The Labute approximate surface area is 123 Å². The summed E-state index contributed by atoms with van der Waals surface area (Å²) in [7, 11) is 0. The summed E-state index contributed by atoms with van der Waals surface area (Å²) in [5.41, 5.74) is 6.06. The minimum absolute atomic E-state index is 0.172. The summed E-state index contributed by atoms with van der Waals surface area (Å²) in [5, 5.41) is 5.76. The molecule has 0 saturated carbocycles. The zero-order chi connectivity index (χ0) is 13.8. The summed E-state index contributed by atoms with van der Waals surface area (Å²) in [6.45, 7) is 2.53. The normalized spacial score (nSPS) is 12.1. The molecule has 100 valence electrons. The van der Waals surface area contributed by atoms with Crippen molar-refractivity contribution in [2.45, 2.75) is 12.8 Å². The van der Waals surface area contributed by atoms with Gasteiger partial charge >= 0.3 is 0 Å². The maximum Gasteiger partial charge on any atom is 0.255 e. The zero-order valence-corrected chi connectivity index (χ0v) is 12.7. The molecule has 1 unspecified atom stereocenters. The maximum absolute atomic E-state index is 12.0. The molecule has 19 heavy (non-hydrogen) atoms. The molecule has 2 aromatic heterocycles. The number of nitrogens with one attached hydrogen (secondary N) is 1. The number of nitrogens with two attached hydrogens (primary N) is 1. The van der Waals surface area contributed by atoms with E-state index < -0.39 is 0 Å². The predicted molar refractivity (Wildman–Crippen MR) is 79.2 cm³/mol. The molecule has 7 heteroatoms. The first-order valence-corrected chi connectivity index (χ1v) is 7.34. The first-order chi connectivity index (χ1) is 9.08. The topological polar surface area (TPSA) is 80.9 Å². The Hall–Kier alpha value is -1.47. The van der Waals surface area contributed by atoms with Gasteiger partial charge in [0, 0.05) is 34.7 Å². The first kappa shape index (κ1) is 14.0. The summed E-state index contributed by atoms with van der Waals surface area (Å²) in [5.74, 6) is 0.169. The lowest BCUT2D eigenvalue weighted by molar-refractivity contribution is 0.0952.